The van der Waals surface area contributed by atoms with E-state index in [1.807, 2.05) is 0 Å². The molecule has 5 heteroatoms. The van der Waals surface area contributed by atoms with Crippen LogP contribution < -0.4 is 5.32 Å². The Labute approximate surface area is 112 Å². The minimum absolute atomic E-state index is 0.221. The van der Waals surface area contributed by atoms with Crippen LogP contribution in [0.4, 0.5) is 8.78 Å². The Morgan fingerprint density at radius 2 is 2.00 bits per heavy atom. The predicted octanol–water partition coefficient (Wildman–Crippen LogP) is 2.64. The monoisotopic (exact) mass is 271 g/mol. The van der Waals surface area contributed by atoms with Crippen molar-refractivity contribution in [2.24, 2.45) is 5.41 Å². The molecule has 1 aromatic carbocycles. The zero-order valence-electron chi connectivity index (χ0n) is 11.4. The van der Waals surface area contributed by atoms with Crippen molar-refractivity contribution in [1.29, 1.82) is 0 Å². The van der Waals surface area contributed by atoms with Crippen molar-refractivity contribution in [3.63, 3.8) is 0 Å². The molecule has 1 aromatic rings. The van der Waals surface area contributed by atoms with E-state index in [1.54, 1.807) is 20.8 Å². The molecule has 0 bridgehead atoms. The summed E-state index contributed by atoms with van der Waals surface area (Å²) >= 11 is 0. The number of hydrogen-bond donors (Lipinski definition) is 1. The first-order valence-electron chi connectivity index (χ1n) is 6.12. The Kier molecular flexibility index (Phi) is 5.42. The second-order valence-electron chi connectivity index (χ2n) is 5.30. The molecule has 0 heterocycles. The number of carbonyl (C=O) groups excluding carboxylic acids is 1. The van der Waals surface area contributed by atoms with Crippen molar-refractivity contribution < 1.29 is 18.3 Å². The molecule has 19 heavy (non-hydrogen) atoms. The molecule has 0 atom stereocenters. The number of benzene rings is 1. The zero-order valence-corrected chi connectivity index (χ0v) is 11.4. The van der Waals surface area contributed by atoms with Crippen LogP contribution in [0.1, 0.15) is 26.3 Å². The molecule has 0 aliphatic rings. The van der Waals surface area contributed by atoms with Gasteiger partial charge in [0.15, 0.2) is 0 Å². The summed E-state index contributed by atoms with van der Waals surface area (Å²) in [4.78, 5) is 11.4. The molecular weight excluding hydrogens is 252 g/mol. The summed E-state index contributed by atoms with van der Waals surface area (Å²) in [7, 11) is 0. The lowest BCUT2D eigenvalue weighted by atomic mass is 9.97. The van der Waals surface area contributed by atoms with Gasteiger partial charge in [-0.1, -0.05) is 6.07 Å². The molecular formula is C14H19F2NO2. The lowest BCUT2D eigenvalue weighted by molar-refractivity contribution is -0.152. The van der Waals surface area contributed by atoms with Crippen molar-refractivity contribution >= 4 is 5.97 Å². The van der Waals surface area contributed by atoms with Gasteiger partial charge in [0.1, 0.15) is 18.2 Å². The highest BCUT2D eigenvalue weighted by Gasteiger charge is 2.22. The van der Waals surface area contributed by atoms with Crippen LogP contribution in [0.5, 0.6) is 0 Å². The first-order valence-corrected chi connectivity index (χ1v) is 6.12. The lowest BCUT2D eigenvalue weighted by Gasteiger charge is -2.16. The Morgan fingerprint density at radius 3 is 2.58 bits per heavy atom. The largest absolute Gasteiger partial charge is 0.464 e. The summed E-state index contributed by atoms with van der Waals surface area (Å²) in [5, 5.41) is 2.93. The number of esters is 1. The van der Waals surface area contributed by atoms with E-state index in [9.17, 15) is 13.6 Å². The van der Waals surface area contributed by atoms with E-state index < -0.39 is 17.0 Å². The first-order chi connectivity index (χ1) is 8.80. The van der Waals surface area contributed by atoms with Crippen molar-refractivity contribution in [2.75, 3.05) is 13.2 Å². The number of halogens is 2. The van der Waals surface area contributed by atoms with Crippen LogP contribution in [0.2, 0.25) is 0 Å². The Bertz CT molecular complexity index is 442. The minimum Gasteiger partial charge on any atom is -0.464 e. The zero-order chi connectivity index (χ0) is 14.5. The van der Waals surface area contributed by atoms with Gasteiger partial charge >= 0.3 is 5.97 Å². The standard InChI is InChI=1S/C14H19F2NO2/c1-14(2,3)13(18)19-7-6-17-9-10-4-5-11(15)8-12(10)16/h4-5,8,17H,6-7,9H2,1-3H3. The third kappa shape index (κ3) is 5.34. The van der Waals surface area contributed by atoms with Gasteiger partial charge < -0.3 is 10.1 Å². The summed E-state index contributed by atoms with van der Waals surface area (Å²) in [5.41, 5.74) is -0.146. The maximum absolute atomic E-state index is 13.3. The van der Waals surface area contributed by atoms with Gasteiger partial charge in [-0.25, -0.2) is 8.78 Å². The smallest absolute Gasteiger partial charge is 0.311 e. The number of hydrogen-bond acceptors (Lipinski definition) is 3. The average Bonchev–Trinajstić information content (AvgIpc) is 2.29. The fraction of sp³-hybridized carbons (Fsp3) is 0.500. The molecule has 0 spiro atoms. The predicted molar refractivity (Wildman–Crippen MR) is 68.5 cm³/mol. The molecule has 1 N–H and O–H groups in total. The molecule has 0 aliphatic carbocycles. The average molecular weight is 271 g/mol. The van der Waals surface area contributed by atoms with Gasteiger partial charge in [-0.3, -0.25) is 4.79 Å². The topological polar surface area (TPSA) is 38.3 Å². The second-order valence-corrected chi connectivity index (χ2v) is 5.30. The summed E-state index contributed by atoms with van der Waals surface area (Å²) in [6, 6.07) is 3.44. The van der Waals surface area contributed by atoms with Crippen LogP contribution in [0.15, 0.2) is 18.2 Å². The lowest BCUT2D eigenvalue weighted by Crippen LogP contribution is -2.27. The number of rotatable bonds is 5. The van der Waals surface area contributed by atoms with Crippen molar-refractivity contribution in [3.8, 4) is 0 Å². The van der Waals surface area contributed by atoms with Crippen LogP contribution in [0.25, 0.3) is 0 Å². The third-order valence-electron chi connectivity index (χ3n) is 2.45. The summed E-state index contributed by atoms with van der Waals surface area (Å²) in [6.45, 7) is 6.22. The molecule has 0 radical (unpaired) electrons. The number of nitrogens with one attached hydrogen (secondary N) is 1. The first kappa shape index (κ1) is 15.6. The van der Waals surface area contributed by atoms with Crippen LogP contribution in [0, 0.1) is 17.0 Å². The van der Waals surface area contributed by atoms with E-state index in [2.05, 4.69) is 5.32 Å². The quantitative estimate of drug-likeness (QED) is 0.661. The molecule has 1 rings (SSSR count). The Morgan fingerprint density at radius 1 is 1.32 bits per heavy atom. The highest BCUT2D eigenvalue weighted by atomic mass is 19.1. The maximum atomic E-state index is 13.3. The molecule has 0 saturated heterocycles. The molecule has 0 unspecified atom stereocenters. The van der Waals surface area contributed by atoms with E-state index >= 15 is 0 Å². The minimum atomic E-state index is -0.597. The van der Waals surface area contributed by atoms with E-state index in [-0.39, 0.29) is 19.1 Å². The van der Waals surface area contributed by atoms with Crippen molar-refractivity contribution in [1.82, 2.24) is 5.32 Å². The van der Waals surface area contributed by atoms with Crippen molar-refractivity contribution in [3.05, 3.63) is 35.4 Å². The van der Waals surface area contributed by atoms with Crippen LogP contribution in [-0.4, -0.2) is 19.1 Å². The summed E-state index contributed by atoms with van der Waals surface area (Å²) < 4.78 is 31.0. The van der Waals surface area contributed by atoms with Gasteiger partial charge in [0.2, 0.25) is 0 Å². The third-order valence-corrected chi connectivity index (χ3v) is 2.45. The van der Waals surface area contributed by atoms with E-state index in [1.165, 1.54) is 12.1 Å². The van der Waals surface area contributed by atoms with Gasteiger partial charge in [-0.05, 0) is 26.8 Å². The SMILES string of the molecule is CC(C)(C)C(=O)OCCNCc1ccc(F)cc1F. The van der Waals surface area contributed by atoms with Gasteiger partial charge in [0.25, 0.3) is 0 Å². The van der Waals surface area contributed by atoms with E-state index in [0.717, 1.165) is 6.07 Å². The van der Waals surface area contributed by atoms with Gasteiger partial charge in [-0.2, -0.15) is 0 Å². The fourth-order valence-corrected chi connectivity index (χ4v) is 1.32. The Balaban J connectivity index is 2.26. The molecule has 0 amide bonds. The van der Waals surface area contributed by atoms with Gasteiger partial charge in [0.05, 0.1) is 5.41 Å². The highest BCUT2D eigenvalue weighted by Crippen LogP contribution is 2.14. The van der Waals surface area contributed by atoms with Crippen LogP contribution in [0.3, 0.4) is 0 Å². The Hall–Kier alpha value is -1.49. The van der Waals surface area contributed by atoms with Crippen LogP contribution in [-0.2, 0) is 16.1 Å². The molecule has 3 nitrogen and oxygen atoms in total. The fourth-order valence-electron chi connectivity index (χ4n) is 1.32. The summed E-state index contributed by atoms with van der Waals surface area (Å²) in [6.07, 6.45) is 0. The molecule has 0 aromatic heterocycles. The van der Waals surface area contributed by atoms with Gasteiger partial charge in [-0.15, -0.1) is 0 Å². The molecule has 0 saturated carbocycles. The second kappa shape index (κ2) is 6.61. The molecule has 0 aliphatic heterocycles. The normalized spacial score (nSPS) is 11.4. The van der Waals surface area contributed by atoms with E-state index in [0.29, 0.717) is 12.1 Å². The number of carbonyl (C=O) groups is 1. The number of ether oxygens (including phenoxy) is 1. The maximum Gasteiger partial charge on any atom is 0.311 e. The van der Waals surface area contributed by atoms with Crippen molar-refractivity contribution in [2.45, 2.75) is 27.3 Å². The van der Waals surface area contributed by atoms with Crippen LogP contribution >= 0.6 is 0 Å². The highest BCUT2D eigenvalue weighted by molar-refractivity contribution is 5.75. The molecule has 0 fully saturated rings. The van der Waals surface area contributed by atoms with Gasteiger partial charge in [0, 0.05) is 24.7 Å². The van der Waals surface area contributed by atoms with E-state index in [4.69, 9.17) is 4.74 Å². The molecule has 106 valence electrons. The summed E-state index contributed by atoms with van der Waals surface area (Å²) in [5.74, 6) is -1.46.